The minimum Gasteiger partial charge on any atom is -0.380 e. The predicted octanol–water partition coefficient (Wildman–Crippen LogP) is 3.57. The normalized spacial score (nSPS) is 9.86. The molecular weight excluding hydrogens is 298 g/mol. The van der Waals surface area contributed by atoms with Gasteiger partial charge in [0.25, 0.3) is 5.91 Å². The molecule has 2 aromatic carbocycles. The molecule has 112 valence electrons. The first kappa shape index (κ1) is 15.9. The van der Waals surface area contributed by atoms with Crippen molar-refractivity contribution in [1.29, 1.82) is 5.26 Å². The van der Waals surface area contributed by atoms with Crippen LogP contribution >= 0.6 is 11.6 Å². The lowest BCUT2D eigenvalue weighted by Gasteiger charge is -2.10. The average molecular weight is 314 g/mol. The van der Waals surface area contributed by atoms with E-state index >= 15 is 0 Å². The first-order valence-corrected chi connectivity index (χ1v) is 7.32. The quantitative estimate of drug-likeness (QED) is 0.887. The van der Waals surface area contributed by atoms with Gasteiger partial charge in [-0.3, -0.25) is 4.79 Å². The zero-order valence-corrected chi connectivity index (χ0v) is 12.9. The minimum absolute atomic E-state index is 0.0893. The number of hydrogen-bond donors (Lipinski definition) is 2. The number of carbonyl (C=O) groups is 1. The van der Waals surface area contributed by atoms with Gasteiger partial charge in [0.1, 0.15) is 6.07 Å². The van der Waals surface area contributed by atoms with Crippen LogP contribution in [0.4, 0.5) is 5.69 Å². The second kappa shape index (κ2) is 7.48. The standard InChI is InChI=1S/C17H16ClN3O/c1-2-20-17(22)13-5-3-4-12(8-13)11-21-16-7-6-15(18)9-14(16)10-19/h3-9,21H,2,11H2,1H3,(H,20,22). The Kier molecular flexibility index (Phi) is 5.40. The summed E-state index contributed by atoms with van der Waals surface area (Å²) in [6.45, 7) is 2.99. The minimum atomic E-state index is -0.0893. The fraction of sp³-hybridized carbons (Fsp3) is 0.176. The van der Waals surface area contributed by atoms with Gasteiger partial charge in [0.15, 0.2) is 0 Å². The number of carbonyl (C=O) groups excluding carboxylic acids is 1. The topological polar surface area (TPSA) is 64.9 Å². The summed E-state index contributed by atoms with van der Waals surface area (Å²) in [5.41, 5.74) is 2.79. The second-order valence-corrected chi connectivity index (χ2v) is 5.15. The van der Waals surface area contributed by atoms with Crippen LogP contribution in [-0.2, 0) is 6.54 Å². The Bertz CT molecular complexity index is 722. The van der Waals surface area contributed by atoms with Crippen LogP contribution in [0.3, 0.4) is 0 Å². The summed E-state index contributed by atoms with van der Waals surface area (Å²) in [4.78, 5) is 11.8. The van der Waals surface area contributed by atoms with Gasteiger partial charge in [0.2, 0.25) is 0 Å². The van der Waals surface area contributed by atoms with Crippen LogP contribution in [0.2, 0.25) is 5.02 Å². The van der Waals surface area contributed by atoms with E-state index in [0.717, 1.165) is 11.3 Å². The van der Waals surface area contributed by atoms with Crippen molar-refractivity contribution in [1.82, 2.24) is 5.32 Å². The largest absolute Gasteiger partial charge is 0.380 e. The lowest BCUT2D eigenvalue weighted by molar-refractivity contribution is 0.0955. The number of amides is 1. The monoisotopic (exact) mass is 313 g/mol. The molecule has 0 radical (unpaired) electrons. The molecule has 0 saturated heterocycles. The van der Waals surface area contributed by atoms with Crippen molar-refractivity contribution in [3.8, 4) is 6.07 Å². The third-order valence-electron chi connectivity index (χ3n) is 3.11. The summed E-state index contributed by atoms with van der Waals surface area (Å²) >= 11 is 5.87. The van der Waals surface area contributed by atoms with Crippen molar-refractivity contribution < 1.29 is 4.79 Å². The van der Waals surface area contributed by atoms with Crippen LogP contribution in [0.25, 0.3) is 0 Å². The Morgan fingerprint density at radius 2 is 2.09 bits per heavy atom. The van der Waals surface area contributed by atoms with Gasteiger partial charge in [-0.1, -0.05) is 23.7 Å². The highest BCUT2D eigenvalue weighted by atomic mass is 35.5. The third-order valence-corrected chi connectivity index (χ3v) is 3.35. The van der Waals surface area contributed by atoms with Gasteiger partial charge in [0, 0.05) is 23.7 Å². The third kappa shape index (κ3) is 4.00. The molecule has 2 N–H and O–H groups in total. The molecule has 0 aliphatic carbocycles. The molecule has 0 spiro atoms. The van der Waals surface area contributed by atoms with Gasteiger partial charge < -0.3 is 10.6 Å². The Morgan fingerprint density at radius 1 is 1.27 bits per heavy atom. The maximum Gasteiger partial charge on any atom is 0.251 e. The smallest absolute Gasteiger partial charge is 0.251 e. The number of nitrogens with one attached hydrogen (secondary N) is 2. The van der Waals surface area contributed by atoms with Gasteiger partial charge >= 0.3 is 0 Å². The molecule has 0 atom stereocenters. The van der Waals surface area contributed by atoms with Crippen LogP contribution in [0.1, 0.15) is 28.4 Å². The van der Waals surface area contributed by atoms with E-state index in [9.17, 15) is 4.79 Å². The Morgan fingerprint density at radius 3 is 2.82 bits per heavy atom. The first-order chi connectivity index (χ1) is 10.6. The molecule has 0 aromatic heterocycles. The van der Waals surface area contributed by atoms with Crippen LogP contribution in [0.15, 0.2) is 42.5 Å². The van der Waals surface area contributed by atoms with E-state index < -0.39 is 0 Å². The molecule has 0 heterocycles. The number of anilines is 1. The van der Waals surface area contributed by atoms with Crippen molar-refractivity contribution >= 4 is 23.2 Å². The van der Waals surface area contributed by atoms with Gasteiger partial charge in [0.05, 0.1) is 11.3 Å². The zero-order chi connectivity index (χ0) is 15.9. The maximum absolute atomic E-state index is 11.8. The van der Waals surface area contributed by atoms with E-state index in [-0.39, 0.29) is 5.91 Å². The Hall–Kier alpha value is -2.51. The highest BCUT2D eigenvalue weighted by Gasteiger charge is 2.06. The lowest BCUT2D eigenvalue weighted by atomic mass is 10.1. The number of nitriles is 1. The summed E-state index contributed by atoms with van der Waals surface area (Å²) in [5.74, 6) is -0.0893. The van der Waals surface area contributed by atoms with Crippen molar-refractivity contribution in [3.63, 3.8) is 0 Å². The van der Waals surface area contributed by atoms with Crippen LogP contribution < -0.4 is 10.6 Å². The number of nitrogens with zero attached hydrogens (tertiary/aromatic N) is 1. The van der Waals surface area contributed by atoms with Crippen molar-refractivity contribution in [2.24, 2.45) is 0 Å². The van der Waals surface area contributed by atoms with E-state index in [4.69, 9.17) is 16.9 Å². The van der Waals surface area contributed by atoms with E-state index in [0.29, 0.717) is 29.2 Å². The van der Waals surface area contributed by atoms with E-state index in [1.807, 2.05) is 25.1 Å². The van der Waals surface area contributed by atoms with E-state index in [1.165, 1.54) is 0 Å². The molecule has 2 aromatic rings. The highest BCUT2D eigenvalue weighted by Crippen LogP contribution is 2.20. The number of benzene rings is 2. The molecule has 2 rings (SSSR count). The summed E-state index contributed by atoms with van der Waals surface area (Å²) in [6, 6.07) is 14.6. The van der Waals surface area contributed by atoms with E-state index in [2.05, 4.69) is 16.7 Å². The molecule has 4 nitrogen and oxygen atoms in total. The van der Waals surface area contributed by atoms with Gasteiger partial charge in [-0.25, -0.2) is 0 Å². The zero-order valence-electron chi connectivity index (χ0n) is 12.2. The molecular formula is C17H16ClN3O. The van der Waals surface area contributed by atoms with E-state index in [1.54, 1.807) is 24.3 Å². The predicted molar refractivity (Wildman–Crippen MR) is 87.9 cm³/mol. The fourth-order valence-corrected chi connectivity index (χ4v) is 2.22. The maximum atomic E-state index is 11.8. The molecule has 1 amide bonds. The molecule has 0 fully saturated rings. The average Bonchev–Trinajstić information content (AvgIpc) is 2.54. The van der Waals surface area contributed by atoms with Crippen molar-refractivity contribution in [3.05, 3.63) is 64.2 Å². The molecule has 0 aliphatic rings. The van der Waals surface area contributed by atoms with Gasteiger partial charge in [-0.15, -0.1) is 0 Å². The molecule has 0 unspecified atom stereocenters. The van der Waals surface area contributed by atoms with Crippen LogP contribution in [-0.4, -0.2) is 12.5 Å². The summed E-state index contributed by atoms with van der Waals surface area (Å²) in [7, 11) is 0. The number of rotatable bonds is 5. The molecule has 0 bridgehead atoms. The first-order valence-electron chi connectivity index (χ1n) is 6.94. The number of halogens is 1. The molecule has 0 aliphatic heterocycles. The summed E-state index contributed by atoms with van der Waals surface area (Å²) < 4.78 is 0. The number of hydrogen-bond acceptors (Lipinski definition) is 3. The summed E-state index contributed by atoms with van der Waals surface area (Å²) in [6.07, 6.45) is 0. The lowest BCUT2D eigenvalue weighted by Crippen LogP contribution is -2.22. The van der Waals surface area contributed by atoms with Crippen LogP contribution in [0.5, 0.6) is 0 Å². The Balaban J connectivity index is 2.11. The van der Waals surface area contributed by atoms with Crippen LogP contribution in [0, 0.1) is 11.3 Å². The second-order valence-electron chi connectivity index (χ2n) is 4.72. The van der Waals surface area contributed by atoms with Crippen molar-refractivity contribution in [2.45, 2.75) is 13.5 Å². The Labute approximate surface area is 134 Å². The molecule has 5 heteroatoms. The molecule has 0 saturated carbocycles. The highest BCUT2D eigenvalue weighted by molar-refractivity contribution is 6.30. The molecule has 22 heavy (non-hydrogen) atoms. The van der Waals surface area contributed by atoms with Gasteiger partial charge in [-0.05, 0) is 42.8 Å². The van der Waals surface area contributed by atoms with Crippen molar-refractivity contribution in [2.75, 3.05) is 11.9 Å². The fourth-order valence-electron chi connectivity index (χ4n) is 2.05. The van der Waals surface area contributed by atoms with Gasteiger partial charge in [-0.2, -0.15) is 5.26 Å². The SMILES string of the molecule is CCNC(=O)c1cccc(CNc2ccc(Cl)cc2C#N)c1. The summed E-state index contributed by atoms with van der Waals surface area (Å²) in [5, 5.41) is 15.6.